The third-order valence-corrected chi connectivity index (χ3v) is 5.56. The molecule has 4 heterocycles. The number of H-pyrrole nitrogens is 1. The lowest BCUT2D eigenvalue weighted by atomic mass is 10.0. The maximum atomic E-state index is 9.54. The Kier molecular flexibility index (Phi) is 5.45. The first kappa shape index (κ1) is 21.2. The molecule has 3 N–H and O–H groups in total. The van der Waals surface area contributed by atoms with Gasteiger partial charge in [0.25, 0.3) is 0 Å². The van der Waals surface area contributed by atoms with Gasteiger partial charge < -0.3 is 10.4 Å². The van der Waals surface area contributed by atoms with E-state index in [1.807, 2.05) is 60.9 Å². The molecule has 0 spiro atoms. The fourth-order valence-corrected chi connectivity index (χ4v) is 3.77. The number of rotatable bonds is 6. The van der Waals surface area contributed by atoms with Gasteiger partial charge in [-0.05, 0) is 62.2 Å². The summed E-state index contributed by atoms with van der Waals surface area (Å²) in [5.74, 6) is 1.30. The van der Waals surface area contributed by atoms with Crippen LogP contribution in [0.4, 0.5) is 11.5 Å². The molecule has 0 aliphatic carbocycles. The van der Waals surface area contributed by atoms with Crippen LogP contribution < -0.4 is 5.32 Å². The molecule has 5 aromatic rings. The van der Waals surface area contributed by atoms with Crippen LogP contribution in [0.2, 0.25) is 0 Å². The maximum Gasteiger partial charge on any atom is 0.165 e. The van der Waals surface area contributed by atoms with Crippen molar-refractivity contribution >= 4 is 22.5 Å². The number of imidazole rings is 1. The molecular weight excluding hydrogens is 430 g/mol. The smallest absolute Gasteiger partial charge is 0.165 e. The zero-order valence-corrected chi connectivity index (χ0v) is 18.6. The number of hydrogen-bond donors (Lipinski definition) is 3. The molecule has 0 saturated heterocycles. The van der Waals surface area contributed by atoms with Crippen molar-refractivity contribution in [2.45, 2.75) is 20.3 Å². The number of aliphatic hydroxyl groups excluding tert-OH is 1. The van der Waals surface area contributed by atoms with Crippen molar-refractivity contribution in [2.24, 2.45) is 0 Å². The number of nitrogens with one attached hydrogen (secondary N) is 2. The minimum Gasteiger partial charge on any atom is -0.396 e. The molecule has 4 aromatic heterocycles. The van der Waals surface area contributed by atoms with Crippen LogP contribution in [-0.2, 0) is 6.42 Å². The normalized spacial score (nSPS) is 11.0. The Labute approximate surface area is 195 Å². The van der Waals surface area contributed by atoms with E-state index in [9.17, 15) is 10.4 Å². The second kappa shape index (κ2) is 8.73. The molecular formula is C24H21N9O. The summed E-state index contributed by atoms with van der Waals surface area (Å²) in [5, 5.41) is 37.4. The molecule has 0 aliphatic rings. The standard InChI is InChI=1S/C24H21N9O/c1-14-3-7-21(31-29-14)27-17-5-6-18-20(11-17)33(13-26-18)22-8-4-16(9-10-34)24(28-22)23-15(2)19(12-25)30-32-23/h3-8,11,13,34H,9-10H2,1-2H3,(H,27,31)(H,30,32). The molecule has 10 heteroatoms. The molecule has 10 nitrogen and oxygen atoms in total. The first-order valence-electron chi connectivity index (χ1n) is 10.7. The molecule has 168 valence electrons. The highest BCUT2D eigenvalue weighted by Crippen LogP contribution is 2.28. The molecule has 0 saturated carbocycles. The number of aliphatic hydroxyl groups is 1. The van der Waals surface area contributed by atoms with E-state index in [-0.39, 0.29) is 6.61 Å². The predicted molar refractivity (Wildman–Crippen MR) is 127 cm³/mol. The fourth-order valence-electron chi connectivity index (χ4n) is 3.77. The van der Waals surface area contributed by atoms with Gasteiger partial charge in [-0.3, -0.25) is 9.67 Å². The number of aryl methyl sites for hydroxylation is 1. The number of anilines is 2. The molecule has 0 bridgehead atoms. The topological polar surface area (TPSA) is 141 Å². The van der Waals surface area contributed by atoms with Gasteiger partial charge in [-0.1, -0.05) is 6.07 Å². The van der Waals surface area contributed by atoms with E-state index < -0.39 is 0 Å². The van der Waals surface area contributed by atoms with Crippen molar-refractivity contribution in [3.63, 3.8) is 0 Å². The number of pyridine rings is 1. The summed E-state index contributed by atoms with van der Waals surface area (Å²) in [4.78, 5) is 9.39. The lowest BCUT2D eigenvalue weighted by molar-refractivity contribution is 0.299. The van der Waals surface area contributed by atoms with Crippen LogP contribution in [0.15, 0.2) is 48.8 Å². The monoisotopic (exact) mass is 451 g/mol. The van der Waals surface area contributed by atoms with Crippen LogP contribution in [-0.4, -0.2) is 46.6 Å². The molecule has 1 aromatic carbocycles. The molecule has 0 unspecified atom stereocenters. The Morgan fingerprint density at radius 3 is 2.74 bits per heavy atom. The maximum absolute atomic E-state index is 9.54. The highest BCUT2D eigenvalue weighted by molar-refractivity contribution is 5.82. The van der Waals surface area contributed by atoms with E-state index in [0.717, 1.165) is 28.0 Å². The van der Waals surface area contributed by atoms with Crippen molar-refractivity contribution < 1.29 is 5.11 Å². The van der Waals surface area contributed by atoms with Gasteiger partial charge in [0.1, 0.15) is 18.2 Å². The van der Waals surface area contributed by atoms with Crippen LogP contribution in [0.5, 0.6) is 0 Å². The predicted octanol–water partition coefficient (Wildman–Crippen LogP) is 3.37. The first-order chi connectivity index (χ1) is 16.6. The summed E-state index contributed by atoms with van der Waals surface area (Å²) in [7, 11) is 0. The second-order valence-electron chi connectivity index (χ2n) is 7.84. The Balaban J connectivity index is 1.58. The summed E-state index contributed by atoms with van der Waals surface area (Å²) in [6.07, 6.45) is 2.15. The summed E-state index contributed by atoms with van der Waals surface area (Å²) < 4.78 is 1.89. The third-order valence-electron chi connectivity index (χ3n) is 5.56. The van der Waals surface area contributed by atoms with Gasteiger partial charge in [0, 0.05) is 17.9 Å². The number of nitrogens with zero attached hydrogens (tertiary/aromatic N) is 7. The van der Waals surface area contributed by atoms with Gasteiger partial charge in [-0.15, -0.1) is 5.10 Å². The van der Waals surface area contributed by atoms with Crippen LogP contribution in [0.1, 0.15) is 22.5 Å². The van der Waals surface area contributed by atoms with Gasteiger partial charge >= 0.3 is 0 Å². The number of hydrogen-bond acceptors (Lipinski definition) is 8. The quantitative estimate of drug-likeness (QED) is 0.357. The Morgan fingerprint density at radius 1 is 1.12 bits per heavy atom. The summed E-state index contributed by atoms with van der Waals surface area (Å²) in [6.45, 7) is 3.70. The van der Waals surface area contributed by atoms with Crippen LogP contribution in [0.25, 0.3) is 28.2 Å². The summed E-state index contributed by atoms with van der Waals surface area (Å²) in [5.41, 5.74) is 6.55. The number of nitriles is 1. The average molecular weight is 451 g/mol. The lowest BCUT2D eigenvalue weighted by Gasteiger charge is -2.11. The van der Waals surface area contributed by atoms with Crippen molar-refractivity contribution in [2.75, 3.05) is 11.9 Å². The molecule has 0 radical (unpaired) electrons. The Bertz CT molecular complexity index is 1530. The zero-order chi connectivity index (χ0) is 23.7. The van der Waals surface area contributed by atoms with Crippen molar-refractivity contribution in [1.29, 1.82) is 5.26 Å². The van der Waals surface area contributed by atoms with Crippen LogP contribution in [0, 0.1) is 25.2 Å². The SMILES string of the molecule is Cc1ccc(Nc2ccc3ncn(-c4ccc(CCO)c(-c5[nH]nc(C#N)c5C)n4)c3c2)nn1. The Hall–Kier alpha value is -4.62. The van der Waals surface area contributed by atoms with E-state index in [1.165, 1.54) is 0 Å². The highest BCUT2D eigenvalue weighted by Gasteiger charge is 2.17. The van der Waals surface area contributed by atoms with Gasteiger partial charge in [-0.2, -0.15) is 15.5 Å². The molecule has 0 amide bonds. The van der Waals surface area contributed by atoms with E-state index in [4.69, 9.17) is 4.98 Å². The summed E-state index contributed by atoms with van der Waals surface area (Å²) >= 11 is 0. The van der Waals surface area contributed by atoms with Crippen molar-refractivity contribution in [3.05, 3.63) is 71.3 Å². The number of fused-ring (bicyclic) bond motifs is 1. The largest absolute Gasteiger partial charge is 0.396 e. The van der Waals surface area contributed by atoms with Gasteiger partial charge in [0.15, 0.2) is 11.5 Å². The molecule has 0 fully saturated rings. The van der Waals surface area contributed by atoms with E-state index in [2.05, 4.69) is 36.8 Å². The molecule has 34 heavy (non-hydrogen) atoms. The number of aromatic nitrogens is 7. The van der Waals surface area contributed by atoms with Gasteiger partial charge in [-0.25, -0.2) is 9.97 Å². The first-order valence-corrected chi connectivity index (χ1v) is 10.7. The second-order valence-corrected chi connectivity index (χ2v) is 7.84. The molecule has 0 atom stereocenters. The van der Waals surface area contributed by atoms with E-state index in [0.29, 0.717) is 40.7 Å². The van der Waals surface area contributed by atoms with Crippen LogP contribution >= 0.6 is 0 Å². The van der Waals surface area contributed by atoms with E-state index in [1.54, 1.807) is 6.33 Å². The van der Waals surface area contributed by atoms with Crippen molar-refractivity contribution in [3.8, 4) is 23.3 Å². The zero-order valence-electron chi connectivity index (χ0n) is 18.6. The highest BCUT2D eigenvalue weighted by atomic mass is 16.2. The number of benzene rings is 1. The van der Waals surface area contributed by atoms with Crippen LogP contribution in [0.3, 0.4) is 0 Å². The Morgan fingerprint density at radius 2 is 2.00 bits per heavy atom. The minimum absolute atomic E-state index is 0.0166. The van der Waals surface area contributed by atoms with Crippen molar-refractivity contribution in [1.82, 2.24) is 34.9 Å². The third kappa shape index (κ3) is 3.85. The average Bonchev–Trinajstić information content (AvgIpc) is 3.44. The number of aromatic amines is 1. The fraction of sp³-hybridized carbons (Fsp3) is 0.167. The van der Waals surface area contributed by atoms with Gasteiger partial charge in [0.05, 0.1) is 28.1 Å². The molecule has 0 aliphatic heterocycles. The minimum atomic E-state index is -0.0166. The molecule has 5 rings (SSSR count). The summed E-state index contributed by atoms with van der Waals surface area (Å²) in [6, 6.07) is 15.5. The lowest BCUT2D eigenvalue weighted by Crippen LogP contribution is -2.03. The van der Waals surface area contributed by atoms with Gasteiger partial charge in [0.2, 0.25) is 0 Å². The van der Waals surface area contributed by atoms with E-state index >= 15 is 0 Å².